The van der Waals surface area contributed by atoms with Crippen molar-refractivity contribution in [3.63, 3.8) is 0 Å². The Balaban J connectivity index is 3.71. The lowest BCUT2D eigenvalue weighted by molar-refractivity contribution is -0.124. The second-order valence-electron chi connectivity index (χ2n) is 2.62. The zero-order chi connectivity index (χ0) is 10.5. The fourth-order valence-corrected chi connectivity index (χ4v) is 1.11. The van der Waals surface area contributed by atoms with Crippen molar-refractivity contribution in [2.24, 2.45) is 5.73 Å². The predicted octanol–water partition coefficient (Wildman–Crippen LogP) is -1.98. The minimum absolute atomic E-state index is 0.147. The molecule has 0 fully saturated rings. The molecule has 0 spiro atoms. The molecule has 0 aliphatic carbocycles. The van der Waals surface area contributed by atoms with Crippen LogP contribution in [0.25, 0.3) is 0 Å². The second-order valence-corrected chi connectivity index (χ2v) is 4.88. The maximum Gasteiger partial charge on any atom is 0.236 e. The molecule has 0 aromatic carbocycles. The minimum Gasteiger partial charge on any atom is -0.368 e. The maximum atomic E-state index is 10.8. The highest BCUT2D eigenvalue weighted by atomic mass is 32.2. The Morgan fingerprint density at radius 2 is 1.92 bits per heavy atom. The van der Waals surface area contributed by atoms with Crippen LogP contribution in [-0.2, 0) is 19.4 Å². The first-order valence-corrected chi connectivity index (χ1v) is 5.60. The largest absolute Gasteiger partial charge is 0.368 e. The molecule has 2 amide bonds. The summed E-state index contributed by atoms with van der Waals surface area (Å²) < 4.78 is 21.2. The molecule has 0 aliphatic heterocycles. The van der Waals surface area contributed by atoms with E-state index in [4.69, 9.17) is 5.73 Å². The molecule has 76 valence electrons. The molecule has 0 rings (SSSR count). The summed E-state index contributed by atoms with van der Waals surface area (Å²) in [6.07, 6.45) is 0.889. The Kier molecular flexibility index (Phi) is 4.39. The van der Waals surface area contributed by atoms with Gasteiger partial charge in [-0.15, -0.1) is 0 Å². The van der Waals surface area contributed by atoms with Crippen molar-refractivity contribution in [3.05, 3.63) is 0 Å². The number of sulfone groups is 1. The normalized spacial score (nSPS) is 10.8. The lowest BCUT2D eigenvalue weighted by Crippen LogP contribution is -2.34. The molecular formula is C6H12N2O4S. The van der Waals surface area contributed by atoms with Crippen LogP contribution in [0.3, 0.4) is 0 Å². The van der Waals surface area contributed by atoms with E-state index < -0.39 is 21.7 Å². The number of nitrogens with two attached hydrogens (primary N) is 1. The third kappa shape index (κ3) is 8.80. The number of carbonyl (C=O) groups is 2. The van der Waals surface area contributed by atoms with Crippen LogP contribution in [0.2, 0.25) is 0 Å². The van der Waals surface area contributed by atoms with Gasteiger partial charge in [0.15, 0.2) is 0 Å². The van der Waals surface area contributed by atoms with Crippen molar-refractivity contribution in [1.82, 2.24) is 5.32 Å². The number of hydrogen-bond acceptors (Lipinski definition) is 4. The zero-order valence-corrected chi connectivity index (χ0v) is 8.06. The summed E-state index contributed by atoms with van der Waals surface area (Å²) in [6.45, 7) is -0.261. The summed E-state index contributed by atoms with van der Waals surface area (Å²) in [4.78, 5) is 21.0. The Bertz CT molecular complexity index is 296. The van der Waals surface area contributed by atoms with Crippen LogP contribution >= 0.6 is 0 Å². The van der Waals surface area contributed by atoms with E-state index in [1.807, 2.05) is 0 Å². The van der Waals surface area contributed by atoms with Crippen molar-refractivity contribution < 1.29 is 18.0 Å². The first-order valence-electron chi connectivity index (χ1n) is 3.54. The van der Waals surface area contributed by atoms with Crippen molar-refractivity contribution >= 4 is 21.7 Å². The molecule has 0 radical (unpaired) electrons. The molecular weight excluding hydrogens is 196 g/mol. The van der Waals surface area contributed by atoms with Gasteiger partial charge in [0.2, 0.25) is 11.8 Å². The van der Waals surface area contributed by atoms with Crippen molar-refractivity contribution in [3.8, 4) is 0 Å². The van der Waals surface area contributed by atoms with Gasteiger partial charge in [-0.3, -0.25) is 9.59 Å². The average Bonchev–Trinajstić information content (AvgIpc) is 1.95. The van der Waals surface area contributed by atoms with Crippen LogP contribution in [0.5, 0.6) is 0 Å². The molecule has 0 atom stereocenters. The molecule has 0 aliphatic rings. The Morgan fingerprint density at radius 1 is 1.38 bits per heavy atom. The van der Waals surface area contributed by atoms with Crippen LogP contribution in [0.15, 0.2) is 0 Å². The van der Waals surface area contributed by atoms with Crippen molar-refractivity contribution in [1.29, 1.82) is 0 Å². The van der Waals surface area contributed by atoms with Gasteiger partial charge >= 0.3 is 0 Å². The zero-order valence-electron chi connectivity index (χ0n) is 7.24. The number of primary amides is 1. The van der Waals surface area contributed by atoms with Gasteiger partial charge in [-0.2, -0.15) is 0 Å². The summed E-state index contributed by atoms with van der Waals surface area (Å²) in [5.74, 6) is -1.38. The van der Waals surface area contributed by atoms with E-state index in [-0.39, 0.29) is 18.7 Å². The molecule has 0 aromatic rings. The summed E-state index contributed by atoms with van der Waals surface area (Å²) in [7, 11) is -3.13. The van der Waals surface area contributed by atoms with Gasteiger partial charge in [-0.25, -0.2) is 8.42 Å². The van der Waals surface area contributed by atoms with Crippen LogP contribution in [0.4, 0.5) is 0 Å². The molecule has 3 N–H and O–H groups in total. The third-order valence-corrected chi connectivity index (χ3v) is 2.11. The molecule has 0 saturated carbocycles. The molecule has 0 aromatic heterocycles. The Labute approximate surface area is 76.4 Å². The topological polar surface area (TPSA) is 106 Å². The molecule has 6 nitrogen and oxygen atoms in total. The summed E-state index contributed by atoms with van der Waals surface area (Å²) in [5, 5.41) is 2.18. The quantitative estimate of drug-likeness (QED) is 0.546. The highest BCUT2D eigenvalue weighted by molar-refractivity contribution is 7.90. The molecule has 0 unspecified atom stereocenters. The number of hydrogen-bond donors (Lipinski definition) is 2. The fourth-order valence-electron chi connectivity index (χ4n) is 0.552. The van der Waals surface area contributed by atoms with Gasteiger partial charge < -0.3 is 11.1 Å². The van der Waals surface area contributed by atoms with E-state index in [9.17, 15) is 18.0 Å². The minimum atomic E-state index is -3.13. The highest BCUT2D eigenvalue weighted by Crippen LogP contribution is 1.88. The summed E-state index contributed by atoms with van der Waals surface area (Å²) in [5.41, 5.74) is 4.75. The lowest BCUT2D eigenvalue weighted by atomic mass is 10.4. The first kappa shape index (κ1) is 11.9. The van der Waals surface area contributed by atoms with Crippen molar-refractivity contribution in [2.45, 2.75) is 6.42 Å². The molecule has 13 heavy (non-hydrogen) atoms. The second kappa shape index (κ2) is 4.80. The van der Waals surface area contributed by atoms with E-state index in [0.717, 1.165) is 6.26 Å². The Morgan fingerprint density at radius 3 is 2.31 bits per heavy atom. The smallest absolute Gasteiger partial charge is 0.236 e. The first-order chi connectivity index (χ1) is 5.81. The summed E-state index contributed by atoms with van der Waals surface area (Å²) in [6, 6.07) is 0. The van der Waals surface area contributed by atoms with Gasteiger partial charge in [-0.05, 0) is 0 Å². The summed E-state index contributed by atoms with van der Waals surface area (Å²) >= 11 is 0. The molecule has 7 heteroatoms. The number of rotatable bonds is 5. The van der Waals surface area contributed by atoms with E-state index in [1.165, 1.54) is 0 Å². The lowest BCUT2D eigenvalue weighted by Gasteiger charge is -2.00. The van der Waals surface area contributed by atoms with Gasteiger partial charge in [0.05, 0.1) is 12.3 Å². The molecule has 0 heterocycles. The molecule has 0 saturated heterocycles. The van der Waals surface area contributed by atoms with Crippen LogP contribution in [0.1, 0.15) is 6.42 Å². The number of nitrogens with one attached hydrogen (secondary N) is 1. The molecule has 0 bridgehead atoms. The van der Waals surface area contributed by atoms with Crippen LogP contribution in [-0.4, -0.2) is 38.8 Å². The SMILES string of the molecule is CS(=O)(=O)CCC(=O)NCC(N)=O. The van der Waals surface area contributed by atoms with E-state index in [2.05, 4.69) is 5.32 Å². The van der Waals surface area contributed by atoms with E-state index >= 15 is 0 Å². The van der Waals surface area contributed by atoms with Crippen LogP contribution < -0.4 is 11.1 Å². The third-order valence-electron chi connectivity index (χ3n) is 1.16. The van der Waals surface area contributed by atoms with E-state index in [1.54, 1.807) is 0 Å². The van der Waals surface area contributed by atoms with Crippen LogP contribution in [0, 0.1) is 0 Å². The predicted molar refractivity (Wildman–Crippen MR) is 46.5 cm³/mol. The van der Waals surface area contributed by atoms with Gasteiger partial charge in [0, 0.05) is 12.7 Å². The van der Waals surface area contributed by atoms with Gasteiger partial charge in [-0.1, -0.05) is 0 Å². The van der Waals surface area contributed by atoms with Gasteiger partial charge in [0.25, 0.3) is 0 Å². The number of carbonyl (C=O) groups excluding carboxylic acids is 2. The highest BCUT2D eigenvalue weighted by Gasteiger charge is 2.07. The average molecular weight is 208 g/mol. The monoisotopic (exact) mass is 208 g/mol. The standard InChI is InChI=1S/C6H12N2O4S/c1-13(11,12)3-2-6(10)8-4-5(7)9/h2-4H2,1H3,(H2,7,9)(H,8,10). The Hall–Kier alpha value is -1.11. The maximum absolute atomic E-state index is 10.8. The fraction of sp³-hybridized carbons (Fsp3) is 0.667. The van der Waals surface area contributed by atoms with Crippen molar-refractivity contribution in [2.75, 3.05) is 18.6 Å². The van der Waals surface area contributed by atoms with Gasteiger partial charge in [0.1, 0.15) is 9.84 Å². The van der Waals surface area contributed by atoms with E-state index in [0.29, 0.717) is 0 Å². The number of amides is 2.